The first-order chi connectivity index (χ1) is 14.0. The van der Waals surface area contributed by atoms with Crippen LogP contribution in [0.5, 0.6) is 0 Å². The molecule has 0 spiro atoms. The van der Waals surface area contributed by atoms with Gasteiger partial charge in [0.2, 0.25) is 5.91 Å². The zero-order valence-corrected chi connectivity index (χ0v) is 18.8. The Morgan fingerprint density at radius 2 is 1.97 bits per heavy atom. The number of hydrogen-bond donors (Lipinski definition) is 2. The maximum absolute atomic E-state index is 13.2. The van der Waals surface area contributed by atoms with Crippen molar-refractivity contribution in [2.75, 3.05) is 31.6 Å². The number of hydrogen-bond acceptors (Lipinski definition) is 5. The number of nitrogens with two attached hydrogens (primary N) is 1. The third kappa shape index (κ3) is 4.92. The molecule has 0 saturated heterocycles. The minimum absolute atomic E-state index is 0.00648. The smallest absolute Gasteiger partial charge is 0.406 e. The number of anilines is 1. The Balaban J connectivity index is 2.39. The first kappa shape index (κ1) is 23.7. The van der Waals surface area contributed by atoms with E-state index in [9.17, 15) is 14.4 Å². The zero-order valence-electron chi connectivity index (χ0n) is 18.8. The molecular formula is C22H34N4O4. The molecule has 1 aliphatic heterocycles. The molecule has 0 unspecified atom stereocenters. The van der Waals surface area contributed by atoms with Crippen LogP contribution in [0.3, 0.4) is 0 Å². The maximum atomic E-state index is 13.2. The molecule has 0 radical (unpaired) electrons. The van der Waals surface area contributed by atoms with Crippen LogP contribution in [0.1, 0.15) is 50.5 Å². The molecule has 0 aliphatic carbocycles. The number of fused-ring (bicyclic) bond motifs is 1. The molecule has 30 heavy (non-hydrogen) atoms. The van der Waals surface area contributed by atoms with Crippen LogP contribution in [0.25, 0.3) is 0 Å². The number of alkyl carbamates (subject to hydrolysis) is 1. The van der Waals surface area contributed by atoms with Crippen molar-refractivity contribution in [3.8, 4) is 0 Å². The van der Waals surface area contributed by atoms with E-state index >= 15 is 0 Å². The number of amides is 3. The molecule has 0 saturated carbocycles. The molecule has 1 heterocycles. The molecule has 166 valence electrons. The van der Waals surface area contributed by atoms with Crippen molar-refractivity contribution in [1.29, 1.82) is 0 Å². The lowest BCUT2D eigenvalue weighted by Gasteiger charge is -2.39. The van der Waals surface area contributed by atoms with E-state index in [4.69, 9.17) is 5.73 Å². The Morgan fingerprint density at radius 3 is 2.53 bits per heavy atom. The fourth-order valence-electron chi connectivity index (χ4n) is 3.89. The highest BCUT2D eigenvalue weighted by Gasteiger charge is 2.39. The van der Waals surface area contributed by atoms with Crippen LogP contribution in [-0.2, 0) is 16.0 Å². The van der Waals surface area contributed by atoms with Gasteiger partial charge in [0.05, 0.1) is 7.11 Å². The predicted molar refractivity (Wildman–Crippen MR) is 117 cm³/mol. The van der Waals surface area contributed by atoms with Gasteiger partial charge >= 0.3 is 6.09 Å². The maximum Gasteiger partial charge on any atom is 0.406 e. The minimum atomic E-state index is -0.568. The molecular weight excluding hydrogens is 384 g/mol. The monoisotopic (exact) mass is 418 g/mol. The van der Waals surface area contributed by atoms with Crippen LogP contribution in [0.15, 0.2) is 18.2 Å². The topological polar surface area (TPSA) is 105 Å². The lowest BCUT2D eigenvalue weighted by atomic mass is 9.80. The van der Waals surface area contributed by atoms with Gasteiger partial charge in [-0.15, -0.1) is 0 Å². The fraction of sp³-hybridized carbons (Fsp3) is 0.591. The van der Waals surface area contributed by atoms with Crippen molar-refractivity contribution < 1.29 is 19.1 Å². The van der Waals surface area contributed by atoms with E-state index in [1.807, 2.05) is 46.8 Å². The summed E-state index contributed by atoms with van der Waals surface area (Å²) in [5.74, 6) is -0.155. The molecule has 2 rings (SSSR count). The average Bonchev–Trinajstić information content (AvgIpc) is 2.69. The van der Waals surface area contributed by atoms with E-state index in [-0.39, 0.29) is 37.0 Å². The van der Waals surface area contributed by atoms with Crippen LogP contribution in [0, 0.1) is 5.41 Å². The summed E-state index contributed by atoms with van der Waals surface area (Å²) in [6, 6.07) is 5.41. The average molecular weight is 419 g/mol. The van der Waals surface area contributed by atoms with E-state index in [1.54, 1.807) is 15.9 Å². The number of carbonyl (C=O) groups is 3. The van der Waals surface area contributed by atoms with Gasteiger partial charge in [-0.3, -0.25) is 9.59 Å². The molecule has 0 fully saturated rings. The van der Waals surface area contributed by atoms with Gasteiger partial charge in [-0.25, -0.2) is 4.79 Å². The normalized spacial score (nSPS) is 16.1. The minimum Gasteiger partial charge on any atom is -0.453 e. The highest BCUT2D eigenvalue weighted by atomic mass is 16.5. The van der Waals surface area contributed by atoms with Crippen molar-refractivity contribution in [2.45, 2.75) is 53.1 Å². The van der Waals surface area contributed by atoms with Crippen molar-refractivity contribution in [1.82, 2.24) is 10.2 Å². The Bertz CT molecular complexity index is 806. The van der Waals surface area contributed by atoms with Crippen LogP contribution in [-0.4, -0.2) is 61.6 Å². The standard InChI is InChI=1S/C22H34N4O4/c1-14(2)26(15(3)13-23)19(27)16-7-8-17-12-22(4,5)20(28)25(18(17)11-16)10-9-24-21(29)30-6/h7-8,11,14-15H,9-10,12-13,23H2,1-6H3,(H,24,29)/t15-/m1/s1. The predicted octanol–water partition coefficient (Wildman–Crippen LogP) is 2.16. The highest BCUT2D eigenvalue weighted by molar-refractivity contribution is 6.02. The summed E-state index contributed by atoms with van der Waals surface area (Å²) in [4.78, 5) is 41.1. The summed E-state index contributed by atoms with van der Waals surface area (Å²) in [7, 11) is 1.29. The summed E-state index contributed by atoms with van der Waals surface area (Å²) >= 11 is 0. The quantitative estimate of drug-likeness (QED) is 0.706. The van der Waals surface area contributed by atoms with E-state index in [0.29, 0.717) is 24.2 Å². The van der Waals surface area contributed by atoms with Crippen LogP contribution >= 0.6 is 0 Å². The van der Waals surface area contributed by atoms with Crippen molar-refractivity contribution in [3.63, 3.8) is 0 Å². The van der Waals surface area contributed by atoms with Gasteiger partial charge in [-0.2, -0.15) is 0 Å². The molecule has 3 N–H and O–H groups in total. The van der Waals surface area contributed by atoms with Gasteiger partial charge in [0.15, 0.2) is 0 Å². The molecule has 1 aliphatic rings. The number of benzene rings is 1. The molecule has 8 nitrogen and oxygen atoms in total. The SMILES string of the molecule is COC(=O)NCCN1C(=O)C(C)(C)Cc2ccc(C(=O)N(C(C)C)[C@H](C)CN)cc21. The van der Waals surface area contributed by atoms with Crippen LogP contribution in [0.4, 0.5) is 10.5 Å². The zero-order chi connectivity index (χ0) is 22.6. The Kier molecular flexibility index (Phi) is 7.47. The summed E-state index contributed by atoms with van der Waals surface area (Å²) in [6.45, 7) is 10.5. The van der Waals surface area contributed by atoms with Crippen molar-refractivity contribution in [2.24, 2.45) is 11.1 Å². The molecule has 0 aromatic heterocycles. The van der Waals surface area contributed by atoms with Gasteiger partial charge in [-0.1, -0.05) is 19.9 Å². The summed E-state index contributed by atoms with van der Waals surface area (Å²) in [5.41, 5.74) is 7.46. The van der Waals surface area contributed by atoms with Gasteiger partial charge in [0.25, 0.3) is 5.91 Å². The Labute approximate surface area is 178 Å². The fourth-order valence-corrected chi connectivity index (χ4v) is 3.89. The second-order valence-corrected chi connectivity index (χ2v) is 8.67. The number of carbonyl (C=O) groups excluding carboxylic acids is 3. The van der Waals surface area contributed by atoms with Crippen molar-refractivity contribution in [3.05, 3.63) is 29.3 Å². The number of ether oxygens (including phenoxy) is 1. The van der Waals surface area contributed by atoms with Gasteiger partial charge < -0.3 is 25.6 Å². The van der Waals surface area contributed by atoms with E-state index in [0.717, 1.165) is 5.56 Å². The summed E-state index contributed by atoms with van der Waals surface area (Å²) in [5, 5.41) is 2.61. The van der Waals surface area contributed by atoms with Crippen LogP contribution < -0.4 is 16.0 Å². The lowest BCUT2D eigenvalue weighted by molar-refractivity contribution is -0.127. The first-order valence-electron chi connectivity index (χ1n) is 10.3. The Morgan fingerprint density at radius 1 is 1.30 bits per heavy atom. The van der Waals surface area contributed by atoms with Crippen molar-refractivity contribution >= 4 is 23.6 Å². The number of methoxy groups -OCH3 is 1. The molecule has 3 amide bonds. The van der Waals surface area contributed by atoms with Gasteiger partial charge in [-0.05, 0) is 44.9 Å². The number of nitrogens with one attached hydrogen (secondary N) is 1. The molecule has 1 aromatic rings. The highest BCUT2D eigenvalue weighted by Crippen LogP contribution is 2.38. The third-order valence-electron chi connectivity index (χ3n) is 5.48. The van der Waals surface area contributed by atoms with E-state index < -0.39 is 11.5 Å². The van der Waals surface area contributed by atoms with E-state index in [2.05, 4.69) is 10.1 Å². The third-order valence-corrected chi connectivity index (χ3v) is 5.48. The molecule has 1 atom stereocenters. The second-order valence-electron chi connectivity index (χ2n) is 8.67. The lowest BCUT2D eigenvalue weighted by Crippen LogP contribution is -2.49. The number of nitrogens with zero attached hydrogens (tertiary/aromatic N) is 2. The Hall–Kier alpha value is -2.61. The molecule has 0 bridgehead atoms. The largest absolute Gasteiger partial charge is 0.453 e. The summed E-state index contributed by atoms with van der Waals surface area (Å²) in [6.07, 6.45) is 0.0372. The van der Waals surface area contributed by atoms with Crippen LogP contribution in [0.2, 0.25) is 0 Å². The van der Waals surface area contributed by atoms with E-state index in [1.165, 1.54) is 7.11 Å². The first-order valence-corrected chi connectivity index (χ1v) is 10.3. The molecule has 8 heteroatoms. The van der Waals surface area contributed by atoms with Gasteiger partial charge in [0, 0.05) is 48.4 Å². The summed E-state index contributed by atoms with van der Waals surface area (Å²) < 4.78 is 4.60. The second kappa shape index (κ2) is 9.47. The number of rotatable bonds is 7. The van der Waals surface area contributed by atoms with Gasteiger partial charge in [0.1, 0.15) is 0 Å². The molecule has 1 aromatic carbocycles.